The van der Waals surface area contributed by atoms with Crippen molar-refractivity contribution in [3.8, 4) is 0 Å². The molecule has 0 aliphatic heterocycles. The standard InChI is InChI=1S/C13H17IN2O3/c1-13(2,7-11(17)15-8-12(18)19)16-10-5-3-9(14)4-6-10/h3-6,16H,7-8H2,1-2H3,(H,15,17)(H,18,19). The Labute approximate surface area is 125 Å². The van der Waals surface area contributed by atoms with Crippen LogP contribution in [0.15, 0.2) is 24.3 Å². The van der Waals surface area contributed by atoms with Crippen LogP contribution < -0.4 is 10.6 Å². The average Bonchev–Trinajstić information content (AvgIpc) is 2.28. The number of carbonyl (C=O) groups excluding carboxylic acids is 1. The summed E-state index contributed by atoms with van der Waals surface area (Å²) < 4.78 is 1.14. The Balaban J connectivity index is 2.53. The van der Waals surface area contributed by atoms with Crippen molar-refractivity contribution in [3.05, 3.63) is 27.8 Å². The number of halogens is 1. The lowest BCUT2D eigenvalue weighted by atomic mass is 9.99. The third kappa shape index (κ3) is 6.42. The lowest BCUT2D eigenvalue weighted by Gasteiger charge is -2.27. The molecule has 0 aromatic heterocycles. The van der Waals surface area contributed by atoms with Gasteiger partial charge in [-0.1, -0.05) is 0 Å². The van der Waals surface area contributed by atoms with Crippen molar-refractivity contribution in [2.24, 2.45) is 0 Å². The first-order valence-electron chi connectivity index (χ1n) is 5.81. The molecule has 0 heterocycles. The van der Waals surface area contributed by atoms with Gasteiger partial charge >= 0.3 is 5.97 Å². The third-order valence-electron chi connectivity index (χ3n) is 2.37. The van der Waals surface area contributed by atoms with E-state index in [9.17, 15) is 9.59 Å². The molecule has 1 rings (SSSR count). The zero-order chi connectivity index (χ0) is 14.5. The molecule has 1 aromatic carbocycles. The van der Waals surface area contributed by atoms with E-state index in [0.717, 1.165) is 9.26 Å². The number of hydrogen-bond donors (Lipinski definition) is 3. The molecule has 0 radical (unpaired) electrons. The van der Waals surface area contributed by atoms with Crippen molar-refractivity contribution < 1.29 is 14.7 Å². The molecular weight excluding hydrogens is 359 g/mol. The molecule has 19 heavy (non-hydrogen) atoms. The topological polar surface area (TPSA) is 78.4 Å². The SMILES string of the molecule is CC(C)(CC(=O)NCC(=O)O)Nc1ccc(I)cc1. The molecule has 0 saturated heterocycles. The molecule has 1 amide bonds. The van der Waals surface area contributed by atoms with Crippen LogP contribution in [-0.2, 0) is 9.59 Å². The van der Waals surface area contributed by atoms with Gasteiger partial charge in [0.2, 0.25) is 5.91 Å². The fourth-order valence-corrected chi connectivity index (χ4v) is 1.97. The second-order valence-electron chi connectivity index (χ2n) is 4.86. The summed E-state index contributed by atoms with van der Waals surface area (Å²) in [6, 6.07) is 7.84. The zero-order valence-electron chi connectivity index (χ0n) is 10.9. The molecule has 3 N–H and O–H groups in total. The number of rotatable bonds is 6. The summed E-state index contributed by atoms with van der Waals surface area (Å²) in [5.41, 5.74) is 0.478. The maximum atomic E-state index is 11.6. The number of benzene rings is 1. The summed E-state index contributed by atoms with van der Waals surface area (Å²) in [6.45, 7) is 3.44. The highest BCUT2D eigenvalue weighted by atomic mass is 127. The van der Waals surface area contributed by atoms with Gasteiger partial charge in [0.25, 0.3) is 0 Å². The van der Waals surface area contributed by atoms with Gasteiger partial charge < -0.3 is 15.7 Å². The lowest BCUT2D eigenvalue weighted by Crippen LogP contribution is -2.39. The molecule has 0 saturated carbocycles. The molecule has 0 bridgehead atoms. The zero-order valence-corrected chi connectivity index (χ0v) is 13.0. The van der Waals surface area contributed by atoms with Crippen molar-refractivity contribution in [1.29, 1.82) is 0 Å². The van der Waals surface area contributed by atoms with Crippen LogP contribution in [0.5, 0.6) is 0 Å². The molecule has 5 nitrogen and oxygen atoms in total. The Hall–Kier alpha value is -1.31. The summed E-state index contributed by atoms with van der Waals surface area (Å²) in [7, 11) is 0. The highest BCUT2D eigenvalue weighted by Gasteiger charge is 2.21. The van der Waals surface area contributed by atoms with Crippen LogP contribution in [-0.4, -0.2) is 29.1 Å². The van der Waals surface area contributed by atoms with Crippen LogP contribution >= 0.6 is 22.6 Å². The fraction of sp³-hybridized carbons (Fsp3) is 0.385. The number of aliphatic carboxylic acids is 1. The van der Waals surface area contributed by atoms with Crippen LogP contribution in [0.1, 0.15) is 20.3 Å². The number of amides is 1. The predicted molar refractivity (Wildman–Crippen MR) is 82.1 cm³/mol. The summed E-state index contributed by atoms with van der Waals surface area (Å²) in [5.74, 6) is -1.33. The number of nitrogens with one attached hydrogen (secondary N) is 2. The Morgan fingerprint density at radius 3 is 2.37 bits per heavy atom. The van der Waals surface area contributed by atoms with E-state index in [4.69, 9.17) is 5.11 Å². The van der Waals surface area contributed by atoms with Gasteiger partial charge in [0.1, 0.15) is 6.54 Å². The maximum absolute atomic E-state index is 11.6. The fourth-order valence-electron chi connectivity index (χ4n) is 1.61. The van der Waals surface area contributed by atoms with E-state index in [2.05, 4.69) is 33.2 Å². The molecule has 6 heteroatoms. The first-order valence-corrected chi connectivity index (χ1v) is 6.89. The van der Waals surface area contributed by atoms with Gasteiger partial charge in [-0.25, -0.2) is 0 Å². The Kier molecular flexibility index (Phi) is 5.59. The number of carboxylic acid groups (broad SMARTS) is 1. The van der Waals surface area contributed by atoms with Gasteiger partial charge in [-0.3, -0.25) is 9.59 Å². The van der Waals surface area contributed by atoms with Crippen molar-refractivity contribution >= 4 is 40.2 Å². The van der Waals surface area contributed by atoms with Crippen molar-refractivity contribution in [2.45, 2.75) is 25.8 Å². The second-order valence-corrected chi connectivity index (χ2v) is 6.11. The second kappa shape index (κ2) is 6.74. The Morgan fingerprint density at radius 1 is 1.26 bits per heavy atom. The van der Waals surface area contributed by atoms with E-state index in [1.165, 1.54) is 0 Å². The minimum atomic E-state index is -1.04. The van der Waals surface area contributed by atoms with E-state index in [1.807, 2.05) is 38.1 Å². The molecule has 0 unspecified atom stereocenters. The molecule has 0 aliphatic carbocycles. The summed E-state index contributed by atoms with van der Waals surface area (Å²) in [4.78, 5) is 22.0. The Bertz CT molecular complexity index is 457. The summed E-state index contributed by atoms with van der Waals surface area (Å²) >= 11 is 2.22. The first-order chi connectivity index (χ1) is 8.78. The van der Waals surface area contributed by atoms with Crippen LogP contribution in [0, 0.1) is 3.57 Å². The maximum Gasteiger partial charge on any atom is 0.322 e. The lowest BCUT2D eigenvalue weighted by molar-refractivity contribution is -0.138. The minimum Gasteiger partial charge on any atom is -0.480 e. The van der Waals surface area contributed by atoms with Gasteiger partial charge in [-0.2, -0.15) is 0 Å². The van der Waals surface area contributed by atoms with E-state index in [1.54, 1.807) is 0 Å². The van der Waals surface area contributed by atoms with Crippen molar-refractivity contribution in [1.82, 2.24) is 5.32 Å². The first kappa shape index (κ1) is 15.7. The van der Waals surface area contributed by atoms with E-state index < -0.39 is 11.5 Å². The highest BCUT2D eigenvalue weighted by Crippen LogP contribution is 2.19. The van der Waals surface area contributed by atoms with Crippen LogP contribution in [0.3, 0.4) is 0 Å². The Morgan fingerprint density at radius 2 is 1.84 bits per heavy atom. The van der Waals surface area contributed by atoms with E-state index in [-0.39, 0.29) is 18.9 Å². The molecule has 104 valence electrons. The van der Waals surface area contributed by atoms with E-state index >= 15 is 0 Å². The predicted octanol–water partition coefficient (Wildman–Crippen LogP) is 2.07. The number of hydrogen-bond acceptors (Lipinski definition) is 3. The third-order valence-corrected chi connectivity index (χ3v) is 3.09. The smallest absolute Gasteiger partial charge is 0.322 e. The monoisotopic (exact) mass is 376 g/mol. The summed E-state index contributed by atoms with van der Waals surface area (Å²) in [5, 5.41) is 14.1. The van der Waals surface area contributed by atoms with Crippen molar-refractivity contribution in [3.63, 3.8) is 0 Å². The van der Waals surface area contributed by atoms with Crippen molar-refractivity contribution in [2.75, 3.05) is 11.9 Å². The highest BCUT2D eigenvalue weighted by molar-refractivity contribution is 14.1. The molecule has 0 spiro atoms. The van der Waals surface area contributed by atoms with Gasteiger partial charge in [-0.15, -0.1) is 0 Å². The van der Waals surface area contributed by atoms with Crippen LogP contribution in [0.2, 0.25) is 0 Å². The van der Waals surface area contributed by atoms with Gasteiger partial charge in [-0.05, 0) is 60.7 Å². The molecule has 0 fully saturated rings. The van der Waals surface area contributed by atoms with E-state index in [0.29, 0.717) is 0 Å². The number of anilines is 1. The summed E-state index contributed by atoms with van der Waals surface area (Å²) in [6.07, 6.45) is 0.201. The molecule has 0 atom stereocenters. The number of carbonyl (C=O) groups is 2. The van der Waals surface area contributed by atoms with Gasteiger partial charge in [0.05, 0.1) is 0 Å². The quantitative estimate of drug-likeness (QED) is 0.665. The molecule has 1 aromatic rings. The van der Waals surface area contributed by atoms with Crippen LogP contribution in [0.25, 0.3) is 0 Å². The van der Waals surface area contributed by atoms with Crippen LogP contribution in [0.4, 0.5) is 5.69 Å². The largest absolute Gasteiger partial charge is 0.480 e. The minimum absolute atomic E-state index is 0.201. The number of carboxylic acids is 1. The average molecular weight is 376 g/mol. The van der Waals surface area contributed by atoms with Gasteiger partial charge in [0.15, 0.2) is 0 Å². The molecule has 0 aliphatic rings. The molecular formula is C13H17IN2O3. The van der Waals surface area contributed by atoms with Gasteiger partial charge in [0, 0.05) is 21.2 Å². The normalized spacial score (nSPS) is 10.9.